The van der Waals surface area contributed by atoms with Crippen LogP contribution in [0.3, 0.4) is 0 Å². The third-order valence-corrected chi connectivity index (χ3v) is 3.06. The number of nitrogens with two attached hydrogens (primary N) is 1. The van der Waals surface area contributed by atoms with Gasteiger partial charge in [-0.1, -0.05) is 6.07 Å². The Bertz CT molecular complexity index is 378. The zero-order valence-electron chi connectivity index (χ0n) is 10.2. The molecule has 17 heavy (non-hydrogen) atoms. The minimum absolute atomic E-state index is 0.232. The maximum atomic E-state index is 13.6. The lowest BCUT2D eigenvalue weighted by atomic mass is 10.1. The van der Waals surface area contributed by atoms with E-state index in [-0.39, 0.29) is 5.82 Å². The van der Waals surface area contributed by atoms with Gasteiger partial charge >= 0.3 is 0 Å². The first-order valence-corrected chi connectivity index (χ1v) is 5.99. The highest BCUT2D eigenvalue weighted by Crippen LogP contribution is 2.16. The fourth-order valence-corrected chi connectivity index (χ4v) is 2.18. The summed E-state index contributed by atoms with van der Waals surface area (Å²) < 4.78 is 19.1. The monoisotopic (exact) mass is 238 g/mol. The van der Waals surface area contributed by atoms with Crippen LogP contribution >= 0.6 is 0 Å². The van der Waals surface area contributed by atoms with Gasteiger partial charge in [0.15, 0.2) is 0 Å². The van der Waals surface area contributed by atoms with Gasteiger partial charge in [0.1, 0.15) is 5.82 Å². The maximum Gasteiger partial charge on any atom is 0.129 e. The molecule has 1 unspecified atom stereocenters. The molecule has 0 amide bonds. The quantitative estimate of drug-likeness (QED) is 0.816. The minimum Gasteiger partial charge on any atom is -0.399 e. The highest BCUT2D eigenvalue weighted by molar-refractivity contribution is 5.40. The van der Waals surface area contributed by atoms with Crippen molar-refractivity contribution in [2.45, 2.75) is 25.5 Å². The normalized spacial score (nSPS) is 20.1. The van der Waals surface area contributed by atoms with E-state index in [4.69, 9.17) is 10.5 Å². The average Bonchev–Trinajstić information content (AvgIpc) is 2.75. The molecule has 2 N–H and O–H groups in total. The third kappa shape index (κ3) is 3.41. The van der Waals surface area contributed by atoms with Gasteiger partial charge in [0.05, 0.1) is 6.10 Å². The maximum absolute atomic E-state index is 13.6. The second-order valence-electron chi connectivity index (χ2n) is 4.68. The van der Waals surface area contributed by atoms with Gasteiger partial charge in [-0.25, -0.2) is 4.39 Å². The molecule has 1 heterocycles. The summed E-state index contributed by atoms with van der Waals surface area (Å²) in [5, 5.41) is 0. The molecule has 1 atom stereocenters. The fraction of sp³-hybridized carbons (Fsp3) is 0.538. The standard InChI is InChI=1S/C13H19FN2O/c1-16(9-12-3-2-6-17-12)8-10-4-5-11(15)7-13(10)14/h4-5,7,12H,2-3,6,8-9,15H2,1H3. The van der Waals surface area contributed by atoms with E-state index in [9.17, 15) is 4.39 Å². The predicted octanol–water partition coefficient (Wildman–Crippen LogP) is 2.02. The fourth-order valence-electron chi connectivity index (χ4n) is 2.18. The van der Waals surface area contributed by atoms with E-state index in [1.807, 2.05) is 7.05 Å². The Kier molecular flexibility index (Phi) is 3.97. The van der Waals surface area contributed by atoms with Crippen molar-refractivity contribution in [3.63, 3.8) is 0 Å². The number of benzene rings is 1. The molecule has 1 aliphatic rings. The molecule has 2 rings (SSSR count). The van der Waals surface area contributed by atoms with Crippen LogP contribution in [-0.2, 0) is 11.3 Å². The number of ether oxygens (including phenoxy) is 1. The van der Waals surface area contributed by atoms with Gasteiger partial charge in [-0.3, -0.25) is 4.90 Å². The van der Waals surface area contributed by atoms with E-state index < -0.39 is 0 Å². The number of rotatable bonds is 4. The summed E-state index contributed by atoms with van der Waals surface area (Å²) in [5.74, 6) is -0.232. The molecule has 1 aromatic rings. The van der Waals surface area contributed by atoms with E-state index in [0.717, 1.165) is 26.0 Å². The van der Waals surface area contributed by atoms with Gasteiger partial charge in [0, 0.05) is 30.9 Å². The summed E-state index contributed by atoms with van der Waals surface area (Å²) in [6.07, 6.45) is 2.54. The van der Waals surface area contributed by atoms with Gasteiger partial charge in [-0.05, 0) is 32.0 Å². The first-order chi connectivity index (χ1) is 8.15. The van der Waals surface area contributed by atoms with Gasteiger partial charge in [0.25, 0.3) is 0 Å². The van der Waals surface area contributed by atoms with E-state index in [1.165, 1.54) is 6.07 Å². The van der Waals surface area contributed by atoms with Crippen LogP contribution in [0.2, 0.25) is 0 Å². The van der Waals surface area contributed by atoms with Crippen LogP contribution in [0.25, 0.3) is 0 Å². The van der Waals surface area contributed by atoms with Gasteiger partial charge in [-0.15, -0.1) is 0 Å². The smallest absolute Gasteiger partial charge is 0.129 e. The van der Waals surface area contributed by atoms with Crippen molar-refractivity contribution in [1.29, 1.82) is 0 Å². The third-order valence-electron chi connectivity index (χ3n) is 3.06. The molecule has 1 aromatic carbocycles. The first-order valence-electron chi connectivity index (χ1n) is 5.99. The zero-order chi connectivity index (χ0) is 12.3. The Balaban J connectivity index is 1.90. The van der Waals surface area contributed by atoms with E-state index in [1.54, 1.807) is 12.1 Å². The summed E-state index contributed by atoms with van der Waals surface area (Å²) in [6, 6.07) is 4.85. The molecular formula is C13H19FN2O. The number of likely N-dealkylation sites (N-methyl/N-ethyl adjacent to an activating group) is 1. The molecule has 1 fully saturated rings. The van der Waals surface area contributed by atoms with Crippen molar-refractivity contribution in [3.8, 4) is 0 Å². The molecule has 0 bridgehead atoms. The van der Waals surface area contributed by atoms with Crippen molar-refractivity contribution >= 4 is 5.69 Å². The molecule has 1 aliphatic heterocycles. The van der Waals surface area contributed by atoms with Crippen molar-refractivity contribution in [2.24, 2.45) is 0 Å². The van der Waals surface area contributed by atoms with Crippen LogP contribution < -0.4 is 5.73 Å². The molecule has 0 saturated carbocycles. The number of nitrogen functional groups attached to an aromatic ring is 1. The largest absolute Gasteiger partial charge is 0.399 e. The summed E-state index contributed by atoms with van der Waals surface area (Å²) in [7, 11) is 1.98. The molecule has 1 saturated heterocycles. The van der Waals surface area contributed by atoms with E-state index in [0.29, 0.717) is 23.9 Å². The Morgan fingerprint density at radius 2 is 2.35 bits per heavy atom. The molecule has 0 aromatic heterocycles. The van der Waals surface area contributed by atoms with Gasteiger partial charge in [0.2, 0.25) is 0 Å². The Labute approximate surface area is 101 Å². The van der Waals surface area contributed by atoms with E-state index in [2.05, 4.69) is 4.90 Å². The van der Waals surface area contributed by atoms with Crippen LogP contribution in [0, 0.1) is 5.82 Å². The summed E-state index contributed by atoms with van der Waals surface area (Å²) >= 11 is 0. The molecule has 94 valence electrons. The van der Waals surface area contributed by atoms with Crippen LogP contribution in [0.4, 0.5) is 10.1 Å². The van der Waals surface area contributed by atoms with Crippen LogP contribution in [0.15, 0.2) is 18.2 Å². The van der Waals surface area contributed by atoms with Crippen LogP contribution in [0.5, 0.6) is 0 Å². The zero-order valence-corrected chi connectivity index (χ0v) is 10.2. The van der Waals surface area contributed by atoms with Crippen LogP contribution in [-0.4, -0.2) is 31.2 Å². The highest BCUT2D eigenvalue weighted by atomic mass is 19.1. The molecule has 0 spiro atoms. The number of hydrogen-bond donors (Lipinski definition) is 1. The average molecular weight is 238 g/mol. The lowest BCUT2D eigenvalue weighted by molar-refractivity contribution is 0.0790. The van der Waals surface area contributed by atoms with Crippen LogP contribution in [0.1, 0.15) is 18.4 Å². The van der Waals surface area contributed by atoms with Crippen molar-refractivity contribution in [3.05, 3.63) is 29.6 Å². The Morgan fingerprint density at radius 3 is 3.00 bits per heavy atom. The van der Waals surface area contributed by atoms with Gasteiger partial charge in [-0.2, -0.15) is 0 Å². The summed E-state index contributed by atoms with van der Waals surface area (Å²) in [6.45, 7) is 2.30. The molecule has 4 heteroatoms. The molecule has 0 radical (unpaired) electrons. The number of anilines is 1. The number of hydrogen-bond acceptors (Lipinski definition) is 3. The predicted molar refractivity (Wildman–Crippen MR) is 66.1 cm³/mol. The number of nitrogens with zero attached hydrogens (tertiary/aromatic N) is 1. The Hall–Kier alpha value is -1.13. The lowest BCUT2D eigenvalue weighted by Crippen LogP contribution is -2.28. The van der Waals surface area contributed by atoms with Gasteiger partial charge < -0.3 is 10.5 Å². The summed E-state index contributed by atoms with van der Waals surface area (Å²) in [4.78, 5) is 2.09. The number of halogens is 1. The van der Waals surface area contributed by atoms with Crippen molar-refractivity contribution < 1.29 is 9.13 Å². The lowest BCUT2D eigenvalue weighted by Gasteiger charge is -2.20. The second-order valence-corrected chi connectivity index (χ2v) is 4.68. The highest BCUT2D eigenvalue weighted by Gasteiger charge is 2.17. The molecular weight excluding hydrogens is 219 g/mol. The SMILES string of the molecule is CN(Cc1ccc(N)cc1F)CC1CCCO1. The minimum atomic E-state index is -0.232. The second kappa shape index (κ2) is 5.47. The van der Waals surface area contributed by atoms with E-state index >= 15 is 0 Å². The topological polar surface area (TPSA) is 38.5 Å². The first kappa shape index (κ1) is 12.3. The molecule has 3 nitrogen and oxygen atoms in total. The van der Waals surface area contributed by atoms with Crippen molar-refractivity contribution in [2.75, 3.05) is 25.9 Å². The Morgan fingerprint density at radius 1 is 1.53 bits per heavy atom. The summed E-state index contributed by atoms with van der Waals surface area (Å²) in [5.41, 5.74) is 6.66. The van der Waals surface area contributed by atoms with Crippen molar-refractivity contribution in [1.82, 2.24) is 4.90 Å². The molecule has 0 aliphatic carbocycles.